The summed E-state index contributed by atoms with van der Waals surface area (Å²) in [4.78, 5) is 80.3. The predicted octanol–water partition coefficient (Wildman–Crippen LogP) is -0.218. The summed E-state index contributed by atoms with van der Waals surface area (Å²) in [6, 6.07) is 7.73. The molecule has 2 amide bonds. The molecule has 386 valence electrons. The van der Waals surface area contributed by atoms with Gasteiger partial charge in [0.25, 0.3) is 21.6 Å². The Labute approximate surface area is 404 Å². The maximum absolute atomic E-state index is 13.2. The molecule has 2 aromatic carbocycles. The zero-order valence-electron chi connectivity index (χ0n) is 39.0. The van der Waals surface area contributed by atoms with Crippen LogP contribution in [-0.4, -0.2) is 128 Å². The number of imidazole rings is 1. The van der Waals surface area contributed by atoms with Crippen LogP contribution in [0, 0.1) is 0 Å². The number of alkyl carbamates (subject to hydrolysis) is 1. The van der Waals surface area contributed by atoms with E-state index in [-0.39, 0.29) is 42.5 Å². The van der Waals surface area contributed by atoms with Crippen molar-refractivity contribution < 1.29 is 79.1 Å². The van der Waals surface area contributed by atoms with Crippen LogP contribution in [0.25, 0.3) is 11.2 Å². The number of phosphoric ester groups is 1. The van der Waals surface area contributed by atoms with Gasteiger partial charge in [-0.3, -0.25) is 28.2 Å². The van der Waals surface area contributed by atoms with Crippen LogP contribution in [0.3, 0.4) is 0 Å². The number of aromatic amines is 1. The quantitative estimate of drug-likeness (QED) is 0.0252. The number of H-pyrrole nitrogens is 1. The van der Waals surface area contributed by atoms with Gasteiger partial charge in [-0.05, 0) is 57.7 Å². The van der Waals surface area contributed by atoms with Gasteiger partial charge >= 0.3 is 27.4 Å². The van der Waals surface area contributed by atoms with E-state index < -0.39 is 85.8 Å². The summed E-state index contributed by atoms with van der Waals surface area (Å²) in [7, 11) is -13.8. The number of hydrogen-bond donors (Lipinski definition) is 9. The molecule has 0 bridgehead atoms. The number of phosphoric acid groups is 2. The molecule has 0 radical (unpaired) electrons. The highest BCUT2D eigenvalue weighted by Crippen LogP contribution is 2.58. The molecule has 30 heteroatoms. The number of nitrogen functional groups attached to an aromatic ring is 1. The van der Waals surface area contributed by atoms with Crippen molar-refractivity contribution in [3.8, 4) is 11.5 Å². The van der Waals surface area contributed by atoms with Crippen molar-refractivity contribution in [3.05, 3.63) is 62.8 Å². The van der Waals surface area contributed by atoms with Gasteiger partial charge < -0.3 is 55.3 Å². The number of aliphatic hydroxyl groups is 1. The summed E-state index contributed by atoms with van der Waals surface area (Å²) in [6.07, 6.45) is -3.60. The second-order valence-corrected chi connectivity index (χ2v) is 22.6. The minimum absolute atomic E-state index is 0.00293. The first-order chi connectivity index (χ1) is 33.3. The molecule has 1 fully saturated rings. The fourth-order valence-corrected chi connectivity index (χ4v) is 12.1. The summed E-state index contributed by atoms with van der Waals surface area (Å²) in [5, 5.41) is 18.2. The van der Waals surface area contributed by atoms with Crippen LogP contribution >= 0.6 is 15.6 Å². The third-order valence-electron chi connectivity index (χ3n) is 12.7. The number of nitrogens with zero attached hydrogens (tertiary/aromatic N) is 6. The van der Waals surface area contributed by atoms with Gasteiger partial charge in [-0.15, -0.1) is 0 Å². The van der Waals surface area contributed by atoms with E-state index in [0.717, 1.165) is 31.3 Å². The highest BCUT2D eigenvalue weighted by atomic mass is 32.2. The Morgan fingerprint density at radius 3 is 2.58 bits per heavy atom. The van der Waals surface area contributed by atoms with E-state index in [9.17, 15) is 46.5 Å². The lowest BCUT2D eigenvalue weighted by molar-refractivity contribution is -0.745. The lowest BCUT2D eigenvalue weighted by Gasteiger charge is -2.48. The number of fused-ring (bicyclic) bond motifs is 5. The van der Waals surface area contributed by atoms with Crippen LogP contribution < -0.4 is 51.4 Å². The van der Waals surface area contributed by atoms with E-state index in [4.69, 9.17) is 34.7 Å². The number of hydrogen-bond acceptors (Lipinski definition) is 17. The first-order valence-electron chi connectivity index (χ1n) is 22.6. The number of rotatable bonds is 17. The SMILES string of the molecule is CC[N+]1=c2cc3c(cc2CCC1)=Nc1cc2c(cc1O3)N(CCCC(=O)NCCNC(=O)O[C@@H]1[C@H](O)[C@@H](COP(=O)(O)OP(=O)(O)O)O[C@H]1[n+]1cn(C)c3c(=O)[nH]c(N)nc31)C(C)(C)CC2CS(=O)(=O)O. The number of benzene rings is 2. The number of aliphatic hydroxyl groups excluding tert-OH is 1. The molecule has 6 heterocycles. The number of aromatic nitrogens is 4. The first-order valence-corrected chi connectivity index (χ1v) is 27.2. The molecule has 2 unspecified atom stereocenters. The average molecular weight is 1050 g/mol. The average Bonchev–Trinajstić information content (AvgIpc) is 3.75. The number of carbonyl (C=O) groups excluding carboxylic acids is 2. The van der Waals surface area contributed by atoms with Gasteiger partial charge in [0.05, 0.1) is 25.5 Å². The van der Waals surface area contributed by atoms with Crippen LogP contribution in [0.15, 0.2) is 40.4 Å². The van der Waals surface area contributed by atoms with Crippen LogP contribution in [0.5, 0.6) is 11.5 Å². The first kappa shape index (κ1) is 52.0. The Morgan fingerprint density at radius 2 is 1.86 bits per heavy atom. The molecule has 4 aliphatic heterocycles. The molecule has 4 aromatic rings. The molecular formula is C41H56N10O17P2S+2. The Morgan fingerprint density at radius 1 is 1.11 bits per heavy atom. The molecular weight excluding hydrogens is 999 g/mol. The van der Waals surface area contributed by atoms with Crippen LogP contribution in [0.1, 0.15) is 69.7 Å². The smallest absolute Gasteiger partial charge is 0.452 e. The van der Waals surface area contributed by atoms with Crippen molar-refractivity contribution in [3.63, 3.8) is 0 Å². The van der Waals surface area contributed by atoms with Crippen molar-refractivity contribution in [1.82, 2.24) is 29.7 Å². The summed E-state index contributed by atoms with van der Waals surface area (Å²) in [5.74, 6) is -0.603. The van der Waals surface area contributed by atoms with E-state index in [1.807, 2.05) is 38.1 Å². The number of anilines is 2. The van der Waals surface area contributed by atoms with Crippen LogP contribution in [-0.2, 0) is 55.8 Å². The van der Waals surface area contributed by atoms with Crippen molar-refractivity contribution >= 4 is 66.3 Å². The maximum atomic E-state index is 13.2. The molecule has 4 aliphatic rings. The lowest BCUT2D eigenvalue weighted by Crippen LogP contribution is -2.50. The standard InChI is InChI=1S/C41H54N10O17P2S/c1-5-49-12-6-8-22-14-25-29(16-27(22)49)65-30-17-28-24(15-26(30)45-25)23(20-71(61,62)63)18-41(2,3)51(28)13-7-9-32(52)43-10-11-44-40(55)67-35-34(53)31(19-64-70(59,60)68-69(56,57)58)66-38(35)50-21-48(4)33-36(50)46-39(42)47-37(33)54/h14-17,21,23,31,34-35,38,53H,5-13,18-20H2,1-4H3,(H7-2,42,43,44,46,47,52,54,55,56,57,58,59,60,61,62,63)/p+2/t23?,31-,34-,35-,38-/m1/s1. The van der Waals surface area contributed by atoms with Crippen molar-refractivity contribution in [2.45, 2.75) is 88.9 Å². The van der Waals surface area contributed by atoms with Gasteiger partial charge in [-0.2, -0.15) is 12.7 Å². The van der Waals surface area contributed by atoms with E-state index in [0.29, 0.717) is 53.2 Å². The van der Waals surface area contributed by atoms with Gasteiger partial charge in [0.2, 0.25) is 23.0 Å². The Bertz CT molecular complexity index is 3180. The topological polar surface area (TPSA) is 373 Å². The number of amides is 2. The van der Waals surface area contributed by atoms with E-state index in [1.165, 1.54) is 28.1 Å². The minimum Gasteiger partial charge on any atom is -0.452 e. The van der Waals surface area contributed by atoms with E-state index in [2.05, 4.69) is 45.8 Å². The third-order valence-corrected chi connectivity index (χ3v) is 15.7. The predicted molar refractivity (Wildman–Crippen MR) is 249 cm³/mol. The molecule has 1 saturated heterocycles. The molecule has 2 aromatic heterocycles. The zero-order valence-corrected chi connectivity index (χ0v) is 41.6. The molecule has 0 aliphatic carbocycles. The number of nitrogens with two attached hydrogens (primary N) is 1. The number of nitrogens with one attached hydrogen (secondary N) is 3. The van der Waals surface area contributed by atoms with Crippen molar-refractivity contribution in [1.29, 1.82) is 0 Å². The fraction of sp³-hybridized carbons (Fsp3) is 0.537. The second-order valence-electron chi connectivity index (χ2n) is 18.2. The fourth-order valence-electron chi connectivity index (χ4n) is 9.71. The maximum Gasteiger partial charge on any atom is 0.481 e. The van der Waals surface area contributed by atoms with E-state index in [1.54, 1.807) is 0 Å². The number of ether oxygens (including phenoxy) is 3. The third kappa shape index (κ3) is 11.6. The molecule has 27 nitrogen and oxygen atoms in total. The van der Waals surface area contributed by atoms with Gasteiger partial charge in [0.1, 0.15) is 36.3 Å². The summed E-state index contributed by atoms with van der Waals surface area (Å²) < 4.78 is 89.1. The zero-order chi connectivity index (χ0) is 51.4. The summed E-state index contributed by atoms with van der Waals surface area (Å²) in [5.41, 5.74) is 7.51. The second kappa shape index (κ2) is 19.9. The van der Waals surface area contributed by atoms with Gasteiger partial charge in [-0.25, -0.2) is 28.1 Å². The highest BCUT2D eigenvalue weighted by Gasteiger charge is 2.51. The molecule has 0 spiro atoms. The Hall–Kier alpha value is -5.38. The van der Waals surface area contributed by atoms with Gasteiger partial charge in [0, 0.05) is 61.2 Å². The Balaban J connectivity index is 0.905. The molecule has 8 rings (SSSR count). The van der Waals surface area contributed by atoms with Crippen molar-refractivity contribution in [2.24, 2.45) is 12.0 Å². The molecule has 10 N–H and O–H groups in total. The molecule has 0 saturated carbocycles. The summed E-state index contributed by atoms with van der Waals surface area (Å²) >= 11 is 0. The molecule has 6 atom stereocenters. The highest BCUT2D eigenvalue weighted by molar-refractivity contribution is 7.85. The monoisotopic (exact) mass is 1050 g/mol. The summed E-state index contributed by atoms with van der Waals surface area (Å²) in [6.45, 7) is 6.97. The minimum atomic E-state index is -5.50. The molecule has 71 heavy (non-hydrogen) atoms. The van der Waals surface area contributed by atoms with Crippen LogP contribution in [0.4, 0.5) is 22.1 Å². The largest absolute Gasteiger partial charge is 0.481 e. The number of carbonyl (C=O) groups is 2. The van der Waals surface area contributed by atoms with Gasteiger partial charge in [-0.1, -0.05) is 4.98 Å². The van der Waals surface area contributed by atoms with Crippen molar-refractivity contribution in [2.75, 3.05) is 55.7 Å². The van der Waals surface area contributed by atoms with Crippen LogP contribution in [0.2, 0.25) is 0 Å². The van der Waals surface area contributed by atoms with Gasteiger partial charge in [0.15, 0.2) is 23.9 Å². The Kier molecular flexibility index (Phi) is 14.6. The van der Waals surface area contributed by atoms with E-state index >= 15 is 0 Å². The number of aryl methyl sites for hydroxylation is 2. The lowest BCUT2D eigenvalue weighted by atomic mass is 9.79. The normalized spacial score (nSPS) is 22.3.